The van der Waals surface area contributed by atoms with Crippen molar-refractivity contribution < 1.29 is 49.2 Å². The zero-order valence-corrected chi connectivity index (χ0v) is 40.5. The van der Waals surface area contributed by atoms with Crippen molar-refractivity contribution in [1.29, 1.82) is 0 Å². The zero-order valence-electron chi connectivity index (χ0n) is 40.5. The molecule has 0 saturated heterocycles. The molecule has 10 heteroatoms. The first kappa shape index (κ1) is 49.5. The van der Waals surface area contributed by atoms with Crippen molar-refractivity contribution in [2.75, 3.05) is 0 Å². The fraction of sp³-hybridized carbons (Fsp3) is 0.731. The highest BCUT2D eigenvalue weighted by Crippen LogP contribution is 2.75. The standard InChI is InChI=1S/2C26H38O5/c2*1-14(2)9-10-25-12-18-23(5,6)17(24(7,8)31)13-26(18,22(25)30)21(29)19(20(25)28)16(27)11-15(3)4/h2*9,15,17-18,28,31H,10-13H2,1-8H3/t2*17-,18-,25?,26+/m10/s1. The number of allylic oxidation sites excluding steroid dienone is 8. The van der Waals surface area contributed by atoms with Gasteiger partial charge in [-0.1, -0.05) is 78.7 Å². The summed E-state index contributed by atoms with van der Waals surface area (Å²) in [7, 11) is 0. The molecule has 0 amide bonds. The maximum absolute atomic E-state index is 14.1. The van der Waals surface area contributed by atoms with Gasteiger partial charge >= 0.3 is 0 Å². The van der Waals surface area contributed by atoms with Crippen molar-refractivity contribution in [3.8, 4) is 0 Å². The number of fused-ring (bicyclic) bond motifs is 2. The number of hydrogen-bond acceptors (Lipinski definition) is 10. The minimum Gasteiger partial charge on any atom is -0.510 e. The molecule has 344 valence electrons. The minimum absolute atomic E-state index is 0.0297. The molecule has 6 aliphatic carbocycles. The van der Waals surface area contributed by atoms with E-state index in [0.717, 1.165) is 11.1 Å². The molecule has 0 aliphatic heterocycles. The topological polar surface area (TPSA) is 183 Å². The smallest absolute Gasteiger partial charge is 0.183 e. The molecule has 4 saturated carbocycles. The molecule has 0 radical (unpaired) electrons. The van der Waals surface area contributed by atoms with Crippen LogP contribution >= 0.6 is 0 Å². The molecule has 62 heavy (non-hydrogen) atoms. The van der Waals surface area contributed by atoms with E-state index in [4.69, 9.17) is 0 Å². The second kappa shape index (κ2) is 15.6. The highest BCUT2D eigenvalue weighted by Gasteiger charge is 2.80. The Hall–Kier alpha value is -3.50. The lowest BCUT2D eigenvalue weighted by atomic mass is 9.62. The molecule has 0 heterocycles. The van der Waals surface area contributed by atoms with Gasteiger partial charge in [0.25, 0.3) is 0 Å². The van der Waals surface area contributed by atoms with E-state index in [0.29, 0.717) is 12.8 Å². The number of rotatable bonds is 12. The summed E-state index contributed by atoms with van der Waals surface area (Å²) in [5.74, 6) is -4.12. The maximum atomic E-state index is 14.1. The van der Waals surface area contributed by atoms with Crippen LogP contribution in [0.1, 0.15) is 162 Å². The van der Waals surface area contributed by atoms with Crippen LogP contribution < -0.4 is 0 Å². The predicted molar refractivity (Wildman–Crippen MR) is 239 cm³/mol. The summed E-state index contributed by atoms with van der Waals surface area (Å²) in [5, 5.41) is 44.5. The molecule has 2 spiro atoms. The van der Waals surface area contributed by atoms with Crippen LogP contribution in [0, 0.1) is 68.0 Å². The van der Waals surface area contributed by atoms with Crippen LogP contribution in [0.15, 0.2) is 46.0 Å². The van der Waals surface area contributed by atoms with E-state index in [2.05, 4.69) is 0 Å². The third-order valence-corrected chi connectivity index (χ3v) is 16.4. The molecule has 4 bridgehead atoms. The Labute approximate surface area is 370 Å². The maximum Gasteiger partial charge on any atom is 0.183 e. The van der Waals surface area contributed by atoms with Gasteiger partial charge in [-0.2, -0.15) is 0 Å². The van der Waals surface area contributed by atoms with E-state index < -0.39 is 55.3 Å². The molecular weight excluding hydrogens is 785 g/mol. The first-order chi connectivity index (χ1) is 28.1. The molecule has 4 fully saturated rings. The summed E-state index contributed by atoms with van der Waals surface area (Å²) in [5.41, 5.74) is -6.62. The first-order valence-electron chi connectivity index (χ1n) is 22.9. The van der Waals surface area contributed by atoms with Crippen molar-refractivity contribution in [2.45, 2.75) is 173 Å². The Balaban J connectivity index is 0.000000234. The van der Waals surface area contributed by atoms with Gasteiger partial charge in [-0.3, -0.25) is 28.8 Å². The van der Waals surface area contributed by atoms with Crippen molar-refractivity contribution in [2.24, 2.45) is 68.0 Å². The van der Waals surface area contributed by atoms with E-state index in [1.165, 1.54) is 0 Å². The monoisotopic (exact) mass is 861 g/mol. The van der Waals surface area contributed by atoms with E-state index in [1.807, 2.05) is 95.2 Å². The van der Waals surface area contributed by atoms with Gasteiger partial charge in [0.05, 0.1) is 32.9 Å². The van der Waals surface area contributed by atoms with E-state index in [1.54, 1.807) is 27.7 Å². The number of ketones is 6. The molecule has 0 aromatic heterocycles. The van der Waals surface area contributed by atoms with Gasteiger partial charge in [-0.15, -0.1) is 0 Å². The highest BCUT2D eigenvalue weighted by atomic mass is 16.3. The summed E-state index contributed by atoms with van der Waals surface area (Å²) < 4.78 is 0. The number of Topliss-reactive ketones (excluding diaryl/α,β-unsaturated/α-hetero) is 6. The van der Waals surface area contributed by atoms with Crippen LogP contribution in [0.3, 0.4) is 0 Å². The van der Waals surface area contributed by atoms with Crippen LogP contribution in [-0.4, -0.2) is 66.3 Å². The third-order valence-electron chi connectivity index (χ3n) is 16.4. The van der Waals surface area contributed by atoms with E-state index >= 15 is 0 Å². The SMILES string of the molecule is CC(C)=CCC12C[C@@H]3C(C)(C)[C@H](C(C)(C)O)C[C@]3(C(=O)C(C(=O)CC(C)C)=C1O)C2=O.CC(C)=CCC12C[C@H]3C(C)(C)[C@@H](C(C)(C)O)C[C@@]3(C(=O)C(C(=O)CC(C)C)=C1O)C2=O. The Kier molecular flexibility index (Phi) is 12.5. The van der Waals surface area contributed by atoms with Crippen molar-refractivity contribution in [3.05, 3.63) is 46.0 Å². The fourth-order valence-corrected chi connectivity index (χ4v) is 13.7. The Morgan fingerprint density at radius 1 is 0.597 bits per heavy atom. The Morgan fingerprint density at radius 2 is 0.887 bits per heavy atom. The molecule has 4 N–H and O–H groups in total. The average Bonchev–Trinajstić information content (AvgIpc) is 3.67. The zero-order chi connectivity index (χ0) is 47.5. The normalized spacial score (nSPS) is 34.4. The lowest BCUT2D eigenvalue weighted by Crippen LogP contribution is -2.50. The average molecular weight is 861 g/mol. The van der Waals surface area contributed by atoms with E-state index in [-0.39, 0.29) is 120 Å². The summed E-state index contributed by atoms with van der Waals surface area (Å²) >= 11 is 0. The van der Waals surface area contributed by atoms with E-state index in [9.17, 15) is 49.2 Å². The number of aliphatic hydroxyl groups excluding tert-OH is 2. The molecule has 6 rings (SSSR count). The van der Waals surface area contributed by atoms with Crippen molar-refractivity contribution in [1.82, 2.24) is 0 Å². The van der Waals surface area contributed by atoms with Crippen LogP contribution in [0.25, 0.3) is 0 Å². The molecule has 0 aromatic rings. The molecule has 0 aromatic carbocycles. The third kappa shape index (κ3) is 7.11. The molecular formula is C52H76O10. The molecule has 8 atom stereocenters. The summed E-state index contributed by atoms with van der Waals surface area (Å²) in [6.07, 6.45) is 5.79. The van der Waals surface area contributed by atoms with Gasteiger partial charge < -0.3 is 20.4 Å². The largest absolute Gasteiger partial charge is 0.510 e. The number of hydrogen-bond donors (Lipinski definition) is 4. The summed E-state index contributed by atoms with van der Waals surface area (Å²) in [6.45, 7) is 30.3. The minimum atomic E-state index is -1.35. The van der Waals surface area contributed by atoms with Crippen molar-refractivity contribution >= 4 is 34.7 Å². The molecule has 10 nitrogen and oxygen atoms in total. The Bertz CT molecular complexity index is 1930. The lowest BCUT2D eigenvalue weighted by molar-refractivity contribution is -0.147. The van der Waals surface area contributed by atoms with Crippen LogP contribution in [0.2, 0.25) is 0 Å². The predicted octanol–water partition coefficient (Wildman–Crippen LogP) is 9.46. The van der Waals surface area contributed by atoms with Crippen molar-refractivity contribution in [3.63, 3.8) is 0 Å². The van der Waals surface area contributed by atoms with Gasteiger partial charge in [-0.05, 0) is 140 Å². The Morgan fingerprint density at radius 3 is 1.13 bits per heavy atom. The van der Waals surface area contributed by atoms with Gasteiger partial charge in [0, 0.05) is 12.8 Å². The quantitative estimate of drug-likeness (QED) is 0.0838. The number of aliphatic hydroxyl groups is 4. The number of carbonyl (C=O) groups is 6. The fourth-order valence-electron chi connectivity index (χ4n) is 13.7. The van der Waals surface area contributed by atoms with Crippen LogP contribution in [0.4, 0.5) is 0 Å². The highest BCUT2D eigenvalue weighted by molar-refractivity contribution is 6.33. The summed E-state index contributed by atoms with van der Waals surface area (Å²) in [6, 6.07) is 0. The second-order valence-corrected chi connectivity index (χ2v) is 23.9. The van der Waals surface area contributed by atoms with Gasteiger partial charge in [-0.25, -0.2) is 0 Å². The second-order valence-electron chi connectivity index (χ2n) is 23.9. The van der Waals surface area contributed by atoms with Crippen LogP contribution in [-0.2, 0) is 28.8 Å². The van der Waals surface area contributed by atoms with Crippen LogP contribution in [0.5, 0.6) is 0 Å². The van der Waals surface area contributed by atoms with Gasteiger partial charge in [0.15, 0.2) is 34.7 Å². The lowest BCUT2D eigenvalue weighted by Gasteiger charge is -2.41. The molecule has 2 unspecified atom stereocenters. The summed E-state index contributed by atoms with van der Waals surface area (Å²) in [4.78, 5) is 82.2. The van der Waals surface area contributed by atoms with Gasteiger partial charge in [0.1, 0.15) is 22.7 Å². The van der Waals surface area contributed by atoms with Gasteiger partial charge in [0.2, 0.25) is 0 Å². The first-order valence-corrected chi connectivity index (χ1v) is 22.9. The molecule has 6 aliphatic rings. The number of carbonyl (C=O) groups excluding carboxylic acids is 6.